The summed E-state index contributed by atoms with van der Waals surface area (Å²) >= 11 is 0. The Balaban J connectivity index is 2.26. The van der Waals surface area contributed by atoms with Gasteiger partial charge < -0.3 is 9.47 Å². The third-order valence-electron chi connectivity index (χ3n) is 3.79. The van der Waals surface area contributed by atoms with Crippen LogP contribution in [0.4, 0.5) is 13.2 Å². The van der Waals surface area contributed by atoms with Gasteiger partial charge in [0.15, 0.2) is 0 Å². The third kappa shape index (κ3) is 3.22. The number of alkyl halides is 3. The zero-order valence-corrected chi connectivity index (χ0v) is 14.0. The second-order valence-electron chi connectivity index (χ2n) is 5.44. The van der Waals surface area contributed by atoms with E-state index in [1.807, 2.05) is 0 Å². The van der Waals surface area contributed by atoms with E-state index in [1.165, 1.54) is 36.0 Å². The number of aromatic nitrogens is 2. The van der Waals surface area contributed by atoms with Gasteiger partial charge in [0.2, 0.25) is 0 Å². The number of esters is 1. The van der Waals surface area contributed by atoms with Crippen LogP contribution in [0.15, 0.2) is 42.6 Å². The molecule has 0 spiro atoms. The number of hydrogen-bond donors (Lipinski definition) is 0. The zero-order valence-electron chi connectivity index (χ0n) is 14.0. The first kappa shape index (κ1) is 17.8. The molecule has 0 saturated heterocycles. The minimum atomic E-state index is -4.50. The largest absolute Gasteiger partial charge is 0.495 e. The first-order valence-corrected chi connectivity index (χ1v) is 7.75. The second-order valence-corrected chi connectivity index (χ2v) is 5.44. The number of rotatable bonds is 4. The molecule has 136 valence electrons. The van der Waals surface area contributed by atoms with Crippen molar-refractivity contribution in [3.8, 4) is 17.0 Å². The van der Waals surface area contributed by atoms with Crippen LogP contribution in [0, 0.1) is 0 Å². The van der Waals surface area contributed by atoms with Crippen LogP contribution in [-0.2, 0) is 10.9 Å². The van der Waals surface area contributed by atoms with E-state index < -0.39 is 17.7 Å². The van der Waals surface area contributed by atoms with Crippen molar-refractivity contribution in [2.75, 3.05) is 13.7 Å². The van der Waals surface area contributed by atoms with Crippen LogP contribution in [0.1, 0.15) is 22.8 Å². The van der Waals surface area contributed by atoms with Crippen LogP contribution in [-0.4, -0.2) is 29.3 Å². The zero-order chi connectivity index (χ0) is 18.9. The second kappa shape index (κ2) is 6.70. The van der Waals surface area contributed by atoms with Crippen LogP contribution in [0.5, 0.6) is 5.75 Å². The van der Waals surface area contributed by atoms with Crippen molar-refractivity contribution < 1.29 is 27.4 Å². The molecule has 0 bridgehead atoms. The number of fused-ring (bicyclic) bond motifs is 1. The summed E-state index contributed by atoms with van der Waals surface area (Å²) in [6.07, 6.45) is -3.08. The van der Waals surface area contributed by atoms with E-state index in [9.17, 15) is 18.0 Å². The molecule has 0 saturated carbocycles. The summed E-state index contributed by atoms with van der Waals surface area (Å²) in [4.78, 5) is 12.3. The Labute approximate surface area is 147 Å². The van der Waals surface area contributed by atoms with Gasteiger partial charge in [-0.15, -0.1) is 0 Å². The van der Waals surface area contributed by atoms with E-state index in [4.69, 9.17) is 9.47 Å². The summed E-state index contributed by atoms with van der Waals surface area (Å²) in [7, 11) is 1.47. The molecule has 0 amide bonds. The topological polar surface area (TPSA) is 52.8 Å². The molecule has 0 aliphatic heterocycles. The van der Waals surface area contributed by atoms with Gasteiger partial charge in [-0.1, -0.05) is 12.1 Å². The SMILES string of the molecule is CCOC(=O)c1cc2cc(OC)cnn2c1-c1cccc(C(F)(F)F)c1. The molecule has 3 rings (SSSR count). The Morgan fingerprint density at radius 1 is 1.23 bits per heavy atom. The summed E-state index contributed by atoms with van der Waals surface area (Å²) in [5, 5.41) is 4.19. The van der Waals surface area contributed by atoms with Gasteiger partial charge in [-0.3, -0.25) is 0 Å². The maximum atomic E-state index is 13.1. The van der Waals surface area contributed by atoms with Gasteiger partial charge in [-0.2, -0.15) is 18.3 Å². The minimum absolute atomic E-state index is 0.131. The number of methoxy groups -OCH3 is 1. The Morgan fingerprint density at radius 2 is 2.00 bits per heavy atom. The van der Waals surface area contributed by atoms with Crippen molar-refractivity contribution in [1.29, 1.82) is 0 Å². The molecule has 3 aromatic rings. The van der Waals surface area contributed by atoms with Crippen LogP contribution < -0.4 is 4.74 Å². The van der Waals surface area contributed by atoms with Gasteiger partial charge in [0.05, 0.1) is 42.3 Å². The van der Waals surface area contributed by atoms with Gasteiger partial charge in [0, 0.05) is 11.6 Å². The Kier molecular flexibility index (Phi) is 4.58. The van der Waals surface area contributed by atoms with Gasteiger partial charge in [-0.25, -0.2) is 9.31 Å². The summed E-state index contributed by atoms with van der Waals surface area (Å²) in [6.45, 7) is 1.79. The van der Waals surface area contributed by atoms with Crippen LogP contribution >= 0.6 is 0 Å². The molecule has 5 nitrogen and oxygen atoms in total. The number of nitrogens with zero attached hydrogens (tertiary/aromatic N) is 2. The Hall–Kier alpha value is -3.03. The average Bonchev–Trinajstić information content (AvgIpc) is 3.00. The Morgan fingerprint density at radius 3 is 2.65 bits per heavy atom. The highest BCUT2D eigenvalue weighted by Gasteiger charge is 2.31. The van der Waals surface area contributed by atoms with Crippen molar-refractivity contribution in [2.45, 2.75) is 13.1 Å². The van der Waals surface area contributed by atoms with Crippen molar-refractivity contribution >= 4 is 11.5 Å². The maximum Gasteiger partial charge on any atom is 0.416 e. The standard InChI is InChI=1S/C18H15F3N2O3/c1-3-26-17(24)15-9-13-8-14(25-2)10-22-23(13)16(15)11-5-4-6-12(7-11)18(19,20)21/h4-10H,3H2,1-2H3. The molecule has 0 radical (unpaired) electrons. The summed E-state index contributed by atoms with van der Waals surface area (Å²) in [5.41, 5.74) is 0.257. The van der Waals surface area contributed by atoms with E-state index >= 15 is 0 Å². The highest BCUT2D eigenvalue weighted by molar-refractivity contribution is 5.99. The van der Waals surface area contributed by atoms with E-state index in [0.29, 0.717) is 11.3 Å². The highest BCUT2D eigenvalue weighted by Crippen LogP contribution is 2.34. The number of benzene rings is 1. The molecule has 8 heteroatoms. The lowest BCUT2D eigenvalue weighted by Gasteiger charge is -2.10. The van der Waals surface area contributed by atoms with E-state index in [0.717, 1.165) is 12.1 Å². The first-order valence-electron chi connectivity index (χ1n) is 7.75. The number of halogens is 3. The summed E-state index contributed by atoms with van der Waals surface area (Å²) in [5.74, 6) is -0.176. The molecule has 0 N–H and O–H groups in total. The van der Waals surface area contributed by atoms with Crippen molar-refractivity contribution in [3.05, 3.63) is 53.7 Å². The molecular formula is C18H15F3N2O3. The van der Waals surface area contributed by atoms with Gasteiger partial charge in [0.1, 0.15) is 5.75 Å². The molecular weight excluding hydrogens is 349 g/mol. The van der Waals surface area contributed by atoms with Crippen LogP contribution in [0.3, 0.4) is 0 Å². The molecule has 0 aliphatic rings. The van der Waals surface area contributed by atoms with Gasteiger partial charge in [0.25, 0.3) is 0 Å². The lowest BCUT2D eigenvalue weighted by molar-refractivity contribution is -0.137. The van der Waals surface area contributed by atoms with Crippen molar-refractivity contribution in [3.63, 3.8) is 0 Å². The fourth-order valence-corrected chi connectivity index (χ4v) is 2.64. The average molecular weight is 364 g/mol. The van der Waals surface area contributed by atoms with Crippen LogP contribution in [0.2, 0.25) is 0 Å². The summed E-state index contributed by atoms with van der Waals surface area (Å²) < 4.78 is 50.8. The van der Waals surface area contributed by atoms with E-state index in [1.54, 1.807) is 13.0 Å². The quantitative estimate of drug-likeness (QED) is 0.651. The normalized spacial score (nSPS) is 11.6. The first-order chi connectivity index (χ1) is 12.3. The molecule has 0 atom stereocenters. The number of ether oxygens (including phenoxy) is 2. The van der Waals surface area contributed by atoms with Gasteiger partial charge >= 0.3 is 12.1 Å². The predicted octanol–water partition coefficient (Wildman–Crippen LogP) is 4.21. The molecule has 2 aromatic heterocycles. The van der Waals surface area contributed by atoms with Gasteiger partial charge in [-0.05, 0) is 25.1 Å². The monoisotopic (exact) mass is 364 g/mol. The maximum absolute atomic E-state index is 13.1. The smallest absolute Gasteiger partial charge is 0.416 e. The lowest BCUT2D eigenvalue weighted by Crippen LogP contribution is -2.08. The summed E-state index contributed by atoms with van der Waals surface area (Å²) in [6, 6.07) is 7.88. The predicted molar refractivity (Wildman–Crippen MR) is 88.1 cm³/mol. The van der Waals surface area contributed by atoms with E-state index in [2.05, 4.69) is 5.10 Å². The van der Waals surface area contributed by atoms with Crippen molar-refractivity contribution in [2.24, 2.45) is 0 Å². The van der Waals surface area contributed by atoms with Crippen molar-refractivity contribution in [1.82, 2.24) is 9.61 Å². The minimum Gasteiger partial charge on any atom is -0.495 e. The fraction of sp³-hybridized carbons (Fsp3) is 0.222. The molecule has 1 aromatic carbocycles. The molecule has 0 unspecified atom stereocenters. The van der Waals surface area contributed by atoms with Crippen LogP contribution in [0.25, 0.3) is 16.8 Å². The number of carbonyl (C=O) groups excluding carboxylic acids is 1. The number of hydrogen-bond acceptors (Lipinski definition) is 4. The highest BCUT2D eigenvalue weighted by atomic mass is 19.4. The molecule has 26 heavy (non-hydrogen) atoms. The fourth-order valence-electron chi connectivity index (χ4n) is 2.64. The third-order valence-corrected chi connectivity index (χ3v) is 3.79. The lowest BCUT2D eigenvalue weighted by atomic mass is 10.0. The Bertz CT molecular complexity index is 964. The molecule has 0 aliphatic carbocycles. The molecule has 2 heterocycles. The molecule has 0 fully saturated rings. The number of carbonyl (C=O) groups is 1. The van der Waals surface area contributed by atoms with E-state index in [-0.39, 0.29) is 23.4 Å².